The van der Waals surface area contributed by atoms with Crippen molar-refractivity contribution in [3.63, 3.8) is 0 Å². The normalized spacial score (nSPS) is 28.9. The van der Waals surface area contributed by atoms with E-state index in [2.05, 4.69) is 19.2 Å². The first-order valence-electron chi connectivity index (χ1n) is 6.33. The minimum Gasteiger partial charge on any atom is -0.480 e. The quantitative estimate of drug-likeness (QED) is 0.747. The van der Waals surface area contributed by atoms with Gasteiger partial charge in [-0.2, -0.15) is 0 Å². The molecule has 0 aromatic rings. The third-order valence-electron chi connectivity index (χ3n) is 3.80. The van der Waals surface area contributed by atoms with E-state index in [-0.39, 0.29) is 23.2 Å². The Balaban J connectivity index is 2.52. The van der Waals surface area contributed by atoms with Gasteiger partial charge in [-0.25, -0.2) is 4.79 Å². The molecule has 1 amide bonds. The van der Waals surface area contributed by atoms with Gasteiger partial charge in [0.1, 0.15) is 6.04 Å². The Hall–Kier alpha value is -1.06. The maximum absolute atomic E-state index is 11.9. The van der Waals surface area contributed by atoms with E-state index in [1.807, 2.05) is 13.8 Å². The van der Waals surface area contributed by atoms with Gasteiger partial charge in [0.15, 0.2) is 0 Å². The summed E-state index contributed by atoms with van der Waals surface area (Å²) in [7, 11) is 0. The summed E-state index contributed by atoms with van der Waals surface area (Å²) in [4.78, 5) is 22.9. The molecule has 2 N–H and O–H groups in total. The molecule has 17 heavy (non-hydrogen) atoms. The number of aliphatic carboxylic acids is 1. The number of rotatable bonds is 6. The molecule has 98 valence electrons. The molecule has 0 radical (unpaired) electrons. The molecule has 1 aliphatic rings. The molecule has 1 fully saturated rings. The van der Waals surface area contributed by atoms with Crippen molar-refractivity contribution in [2.24, 2.45) is 17.3 Å². The van der Waals surface area contributed by atoms with E-state index in [1.165, 1.54) is 0 Å². The van der Waals surface area contributed by atoms with Crippen LogP contribution in [0.2, 0.25) is 0 Å². The zero-order chi connectivity index (χ0) is 13.2. The van der Waals surface area contributed by atoms with Gasteiger partial charge >= 0.3 is 5.97 Å². The van der Waals surface area contributed by atoms with Crippen molar-refractivity contribution < 1.29 is 14.7 Å². The number of carbonyl (C=O) groups is 2. The van der Waals surface area contributed by atoms with Gasteiger partial charge in [-0.15, -0.1) is 0 Å². The van der Waals surface area contributed by atoms with E-state index in [0.29, 0.717) is 6.42 Å². The number of carboxylic acid groups (broad SMARTS) is 1. The van der Waals surface area contributed by atoms with E-state index >= 15 is 0 Å². The molecule has 0 bridgehead atoms. The maximum atomic E-state index is 11.9. The molecule has 0 saturated heterocycles. The topological polar surface area (TPSA) is 66.4 Å². The van der Waals surface area contributed by atoms with Gasteiger partial charge in [0.05, 0.1) is 0 Å². The minimum absolute atomic E-state index is 0.00140. The summed E-state index contributed by atoms with van der Waals surface area (Å²) in [6.45, 7) is 8.05. The van der Waals surface area contributed by atoms with Crippen LogP contribution in [0.1, 0.15) is 47.0 Å². The van der Waals surface area contributed by atoms with E-state index in [1.54, 1.807) is 0 Å². The summed E-state index contributed by atoms with van der Waals surface area (Å²) in [5.41, 5.74) is 0.0883. The van der Waals surface area contributed by atoms with Crippen LogP contribution in [0.4, 0.5) is 0 Å². The number of carbonyl (C=O) groups excluding carboxylic acids is 1. The summed E-state index contributed by atoms with van der Waals surface area (Å²) < 4.78 is 0. The molecular formula is C13H23NO3. The third-order valence-corrected chi connectivity index (χ3v) is 3.80. The van der Waals surface area contributed by atoms with Gasteiger partial charge in [0.25, 0.3) is 0 Å². The molecule has 1 rings (SSSR count). The maximum Gasteiger partial charge on any atom is 0.326 e. The fourth-order valence-electron chi connectivity index (χ4n) is 2.17. The average Bonchev–Trinajstić information content (AvgIpc) is 2.90. The lowest BCUT2D eigenvalue weighted by Crippen LogP contribution is -2.42. The van der Waals surface area contributed by atoms with Crippen molar-refractivity contribution in [3.8, 4) is 0 Å². The molecule has 3 atom stereocenters. The zero-order valence-corrected chi connectivity index (χ0v) is 11.1. The molecule has 0 aromatic carbocycles. The monoisotopic (exact) mass is 241 g/mol. The van der Waals surface area contributed by atoms with Crippen LogP contribution in [0.15, 0.2) is 0 Å². The molecule has 3 unspecified atom stereocenters. The highest BCUT2D eigenvalue weighted by Crippen LogP contribution is 2.54. The van der Waals surface area contributed by atoms with Crippen molar-refractivity contribution in [1.29, 1.82) is 0 Å². The zero-order valence-electron chi connectivity index (χ0n) is 11.1. The average molecular weight is 241 g/mol. The Morgan fingerprint density at radius 2 is 2.06 bits per heavy atom. The smallest absolute Gasteiger partial charge is 0.326 e. The van der Waals surface area contributed by atoms with Crippen LogP contribution in [0.5, 0.6) is 0 Å². The van der Waals surface area contributed by atoms with Gasteiger partial charge in [-0.3, -0.25) is 4.79 Å². The molecule has 0 aliphatic heterocycles. The van der Waals surface area contributed by atoms with E-state index in [9.17, 15) is 9.59 Å². The van der Waals surface area contributed by atoms with Crippen LogP contribution in [-0.2, 0) is 9.59 Å². The molecule has 0 spiro atoms. The number of hydrogen-bond acceptors (Lipinski definition) is 2. The molecule has 1 aliphatic carbocycles. The SMILES string of the molecule is CCC1(C)CC1C(=O)NC(CC(C)C)C(=O)O. The summed E-state index contributed by atoms with van der Waals surface area (Å²) in [6.07, 6.45) is 2.33. The van der Waals surface area contributed by atoms with E-state index in [0.717, 1.165) is 12.8 Å². The first-order chi connectivity index (χ1) is 7.80. The molecule has 4 heteroatoms. The lowest BCUT2D eigenvalue weighted by Gasteiger charge is -2.17. The number of hydrogen-bond donors (Lipinski definition) is 2. The lowest BCUT2D eigenvalue weighted by atomic mass is 10.0. The highest BCUT2D eigenvalue weighted by atomic mass is 16.4. The third kappa shape index (κ3) is 3.45. The predicted molar refractivity (Wildman–Crippen MR) is 65.5 cm³/mol. The van der Waals surface area contributed by atoms with Crippen LogP contribution in [0.25, 0.3) is 0 Å². The van der Waals surface area contributed by atoms with Crippen LogP contribution in [0, 0.1) is 17.3 Å². The Morgan fingerprint density at radius 3 is 2.41 bits per heavy atom. The number of carboxylic acids is 1. The van der Waals surface area contributed by atoms with Crippen LogP contribution >= 0.6 is 0 Å². The highest BCUT2D eigenvalue weighted by molar-refractivity contribution is 5.87. The molecule has 0 heterocycles. The van der Waals surface area contributed by atoms with Crippen molar-refractivity contribution in [2.45, 2.75) is 53.0 Å². The van der Waals surface area contributed by atoms with Crippen LogP contribution in [0.3, 0.4) is 0 Å². The standard InChI is InChI=1S/C13H23NO3/c1-5-13(4)7-9(13)11(15)14-10(12(16)17)6-8(2)3/h8-10H,5-7H2,1-4H3,(H,14,15)(H,16,17). The summed E-state index contributed by atoms with van der Waals surface area (Å²) in [5, 5.41) is 11.7. The van der Waals surface area contributed by atoms with Crippen LogP contribution in [-0.4, -0.2) is 23.0 Å². The van der Waals surface area contributed by atoms with Crippen molar-refractivity contribution in [1.82, 2.24) is 5.32 Å². The fraction of sp³-hybridized carbons (Fsp3) is 0.846. The highest BCUT2D eigenvalue weighted by Gasteiger charge is 2.53. The Kier molecular flexibility index (Phi) is 4.17. The molecule has 0 aromatic heterocycles. The van der Waals surface area contributed by atoms with Crippen molar-refractivity contribution >= 4 is 11.9 Å². The van der Waals surface area contributed by atoms with Gasteiger partial charge in [-0.05, 0) is 30.6 Å². The van der Waals surface area contributed by atoms with Gasteiger partial charge in [0, 0.05) is 5.92 Å². The van der Waals surface area contributed by atoms with Gasteiger partial charge in [0.2, 0.25) is 5.91 Å². The van der Waals surface area contributed by atoms with Gasteiger partial charge < -0.3 is 10.4 Å². The second-order valence-corrected chi connectivity index (χ2v) is 5.79. The van der Waals surface area contributed by atoms with E-state index < -0.39 is 12.0 Å². The number of amides is 1. The molecule has 4 nitrogen and oxygen atoms in total. The summed E-state index contributed by atoms with van der Waals surface area (Å²) >= 11 is 0. The second-order valence-electron chi connectivity index (χ2n) is 5.79. The first-order valence-corrected chi connectivity index (χ1v) is 6.33. The van der Waals surface area contributed by atoms with Crippen molar-refractivity contribution in [3.05, 3.63) is 0 Å². The van der Waals surface area contributed by atoms with Crippen molar-refractivity contribution in [2.75, 3.05) is 0 Å². The summed E-state index contributed by atoms with van der Waals surface area (Å²) in [6, 6.07) is -0.746. The first kappa shape index (κ1) is 14.0. The van der Waals surface area contributed by atoms with Gasteiger partial charge in [-0.1, -0.05) is 27.7 Å². The lowest BCUT2D eigenvalue weighted by molar-refractivity contribution is -0.142. The second kappa shape index (κ2) is 5.07. The Bertz CT molecular complexity index is 314. The number of nitrogens with one attached hydrogen (secondary N) is 1. The summed E-state index contributed by atoms with van der Waals surface area (Å²) in [5.74, 6) is -0.775. The van der Waals surface area contributed by atoms with Crippen LogP contribution < -0.4 is 5.32 Å². The predicted octanol–water partition coefficient (Wildman–Crippen LogP) is 2.04. The fourth-order valence-corrected chi connectivity index (χ4v) is 2.17. The Labute approximate surface area is 103 Å². The largest absolute Gasteiger partial charge is 0.480 e. The van der Waals surface area contributed by atoms with E-state index in [4.69, 9.17) is 5.11 Å². The molecular weight excluding hydrogens is 218 g/mol. The minimum atomic E-state index is -0.939. The molecule has 1 saturated carbocycles. The Morgan fingerprint density at radius 1 is 1.47 bits per heavy atom.